The Morgan fingerprint density at radius 1 is 1.26 bits per heavy atom. The lowest BCUT2D eigenvalue weighted by molar-refractivity contribution is -0.117. The molecule has 0 radical (unpaired) electrons. The van der Waals surface area contributed by atoms with Gasteiger partial charge in [-0.3, -0.25) is 4.79 Å². The van der Waals surface area contributed by atoms with E-state index < -0.39 is 11.9 Å². The van der Waals surface area contributed by atoms with Gasteiger partial charge < -0.3 is 19.9 Å². The molecule has 1 aliphatic rings. The Hall–Kier alpha value is -2.02. The van der Waals surface area contributed by atoms with Gasteiger partial charge in [0.25, 0.3) is 5.91 Å². The molecule has 0 aromatic heterocycles. The second kappa shape index (κ2) is 5.75. The fourth-order valence-corrected chi connectivity index (χ4v) is 1.96. The summed E-state index contributed by atoms with van der Waals surface area (Å²) in [7, 11) is 0. The van der Waals surface area contributed by atoms with E-state index in [4.69, 9.17) is 14.6 Å². The predicted octanol–water partition coefficient (Wildman–Crippen LogP) is 1.97. The highest BCUT2D eigenvalue weighted by atomic mass is 79.9. The van der Waals surface area contributed by atoms with Crippen LogP contribution < -0.4 is 5.32 Å². The molecule has 1 aliphatic heterocycles. The van der Waals surface area contributed by atoms with E-state index in [1.54, 1.807) is 6.07 Å². The summed E-state index contributed by atoms with van der Waals surface area (Å²) in [6.45, 7) is 0.703. The molecule has 0 bridgehead atoms. The molecular formula is C12H10BrNO5. The predicted molar refractivity (Wildman–Crippen MR) is 69.7 cm³/mol. The molecule has 2 N–H and O–H groups in total. The monoisotopic (exact) mass is 327 g/mol. The van der Waals surface area contributed by atoms with Crippen molar-refractivity contribution in [1.29, 1.82) is 0 Å². The summed E-state index contributed by atoms with van der Waals surface area (Å²) >= 11 is 3.18. The number of anilines is 1. The van der Waals surface area contributed by atoms with Crippen LogP contribution in [0.3, 0.4) is 0 Å². The van der Waals surface area contributed by atoms with Gasteiger partial charge in [0.15, 0.2) is 0 Å². The molecule has 0 fully saturated rings. The van der Waals surface area contributed by atoms with Gasteiger partial charge in [-0.05, 0) is 18.2 Å². The lowest BCUT2D eigenvalue weighted by atomic mass is 10.2. The normalized spacial score (nSPS) is 13.8. The van der Waals surface area contributed by atoms with Crippen LogP contribution in [-0.2, 0) is 14.3 Å². The van der Waals surface area contributed by atoms with Crippen molar-refractivity contribution in [2.45, 2.75) is 0 Å². The number of benzene rings is 1. The number of carboxylic acid groups (broad SMARTS) is 1. The number of carbonyl (C=O) groups is 2. The number of aromatic carboxylic acids is 1. The highest BCUT2D eigenvalue weighted by Gasteiger charge is 2.16. The summed E-state index contributed by atoms with van der Waals surface area (Å²) in [4.78, 5) is 22.7. The van der Waals surface area contributed by atoms with E-state index >= 15 is 0 Å². The van der Waals surface area contributed by atoms with E-state index in [2.05, 4.69) is 21.2 Å². The molecular weight excluding hydrogens is 318 g/mol. The largest absolute Gasteiger partial charge is 0.494 e. The van der Waals surface area contributed by atoms with E-state index in [9.17, 15) is 9.59 Å². The smallest absolute Gasteiger partial charge is 0.335 e. The summed E-state index contributed by atoms with van der Waals surface area (Å²) in [5, 5.41) is 11.5. The molecule has 0 unspecified atom stereocenters. The van der Waals surface area contributed by atoms with E-state index in [-0.39, 0.29) is 11.3 Å². The Morgan fingerprint density at radius 2 is 2.05 bits per heavy atom. The van der Waals surface area contributed by atoms with Gasteiger partial charge in [0.2, 0.25) is 5.76 Å². The van der Waals surface area contributed by atoms with Crippen LogP contribution in [0.2, 0.25) is 0 Å². The number of halogens is 1. The van der Waals surface area contributed by atoms with Gasteiger partial charge >= 0.3 is 5.97 Å². The summed E-state index contributed by atoms with van der Waals surface area (Å²) < 4.78 is 10.6. The number of carbonyl (C=O) groups excluding carboxylic acids is 1. The first-order chi connectivity index (χ1) is 9.06. The van der Waals surface area contributed by atoms with E-state index in [0.29, 0.717) is 23.4 Å². The van der Waals surface area contributed by atoms with Crippen LogP contribution in [-0.4, -0.2) is 30.2 Å². The average molecular weight is 328 g/mol. The number of carboxylic acids is 1. The lowest BCUT2D eigenvalue weighted by Gasteiger charge is -2.15. The Balaban J connectivity index is 2.16. The Kier molecular flexibility index (Phi) is 4.06. The van der Waals surface area contributed by atoms with Crippen LogP contribution >= 0.6 is 15.9 Å². The number of nitrogens with one attached hydrogen (secondary N) is 1. The number of hydrogen-bond acceptors (Lipinski definition) is 4. The third-order valence-corrected chi connectivity index (χ3v) is 2.73. The molecule has 0 atom stereocenters. The third kappa shape index (κ3) is 3.47. The van der Waals surface area contributed by atoms with E-state index in [1.807, 2.05) is 0 Å². The zero-order chi connectivity index (χ0) is 13.8. The van der Waals surface area contributed by atoms with Crippen molar-refractivity contribution in [2.24, 2.45) is 0 Å². The SMILES string of the molecule is O=C(Nc1cc(Br)cc(C(=O)O)c1)C1=COCCO1. The third-order valence-electron chi connectivity index (χ3n) is 2.28. The quantitative estimate of drug-likeness (QED) is 0.886. The van der Waals surface area contributed by atoms with Crippen molar-refractivity contribution in [1.82, 2.24) is 0 Å². The standard InChI is InChI=1S/C12H10BrNO5/c13-8-3-7(12(16)17)4-9(5-8)14-11(15)10-6-18-1-2-19-10/h3-6H,1-2H2,(H,14,15)(H,16,17). The van der Waals surface area contributed by atoms with Crippen molar-refractivity contribution in [3.8, 4) is 0 Å². The number of rotatable bonds is 3. The highest BCUT2D eigenvalue weighted by Crippen LogP contribution is 2.20. The molecule has 0 spiro atoms. The van der Waals surface area contributed by atoms with Crippen LogP contribution in [0.5, 0.6) is 0 Å². The van der Waals surface area contributed by atoms with Crippen molar-refractivity contribution < 1.29 is 24.2 Å². The van der Waals surface area contributed by atoms with Crippen molar-refractivity contribution in [2.75, 3.05) is 18.5 Å². The topological polar surface area (TPSA) is 84.9 Å². The molecule has 6 nitrogen and oxygen atoms in total. The number of ether oxygens (including phenoxy) is 2. The Morgan fingerprint density at radius 3 is 2.68 bits per heavy atom. The van der Waals surface area contributed by atoms with Crippen molar-refractivity contribution in [3.63, 3.8) is 0 Å². The minimum Gasteiger partial charge on any atom is -0.494 e. The molecule has 2 rings (SSSR count). The second-order valence-corrected chi connectivity index (χ2v) is 4.60. The van der Waals surface area contributed by atoms with Crippen molar-refractivity contribution in [3.05, 3.63) is 40.3 Å². The van der Waals surface area contributed by atoms with Crippen LogP contribution in [0.4, 0.5) is 5.69 Å². The Bertz CT molecular complexity index is 555. The minimum absolute atomic E-state index is 0.0584. The van der Waals surface area contributed by atoms with Crippen LogP contribution in [0, 0.1) is 0 Å². The molecule has 0 saturated carbocycles. The molecule has 100 valence electrons. The maximum absolute atomic E-state index is 11.8. The molecule has 1 aromatic carbocycles. The molecule has 19 heavy (non-hydrogen) atoms. The second-order valence-electron chi connectivity index (χ2n) is 3.69. The first-order valence-electron chi connectivity index (χ1n) is 5.36. The van der Waals surface area contributed by atoms with E-state index in [0.717, 1.165) is 0 Å². The molecule has 1 aromatic rings. The number of amides is 1. The maximum atomic E-state index is 11.8. The van der Waals surface area contributed by atoms with Crippen LogP contribution in [0.15, 0.2) is 34.7 Å². The summed E-state index contributed by atoms with van der Waals surface area (Å²) in [5.41, 5.74) is 0.423. The maximum Gasteiger partial charge on any atom is 0.335 e. The van der Waals surface area contributed by atoms with E-state index in [1.165, 1.54) is 18.4 Å². The van der Waals surface area contributed by atoms with Gasteiger partial charge in [0, 0.05) is 10.2 Å². The lowest BCUT2D eigenvalue weighted by Crippen LogP contribution is -2.21. The van der Waals surface area contributed by atoms with Crippen molar-refractivity contribution >= 4 is 33.5 Å². The van der Waals surface area contributed by atoms with Crippen LogP contribution in [0.1, 0.15) is 10.4 Å². The first kappa shape index (κ1) is 13.4. The first-order valence-corrected chi connectivity index (χ1v) is 6.15. The van der Waals surface area contributed by atoms with Crippen LogP contribution in [0.25, 0.3) is 0 Å². The average Bonchev–Trinajstić information content (AvgIpc) is 2.39. The highest BCUT2D eigenvalue weighted by molar-refractivity contribution is 9.10. The molecule has 0 aliphatic carbocycles. The summed E-state index contributed by atoms with van der Waals surface area (Å²) in [5.74, 6) is -1.51. The van der Waals surface area contributed by atoms with Gasteiger partial charge in [-0.15, -0.1) is 0 Å². The fourth-order valence-electron chi connectivity index (χ4n) is 1.47. The van der Waals surface area contributed by atoms with Gasteiger partial charge in [-0.2, -0.15) is 0 Å². The van der Waals surface area contributed by atoms with Gasteiger partial charge in [0.05, 0.1) is 5.56 Å². The summed E-state index contributed by atoms with van der Waals surface area (Å²) in [6.07, 6.45) is 1.23. The van der Waals surface area contributed by atoms with Gasteiger partial charge in [0.1, 0.15) is 19.5 Å². The molecule has 0 saturated heterocycles. The fraction of sp³-hybridized carbons (Fsp3) is 0.167. The Labute approximate surface area is 117 Å². The molecule has 1 amide bonds. The zero-order valence-electron chi connectivity index (χ0n) is 9.68. The number of hydrogen-bond donors (Lipinski definition) is 2. The zero-order valence-corrected chi connectivity index (χ0v) is 11.3. The van der Waals surface area contributed by atoms with Gasteiger partial charge in [-0.25, -0.2) is 4.79 Å². The summed E-state index contributed by atoms with van der Waals surface area (Å²) in [6, 6.07) is 4.39. The van der Waals surface area contributed by atoms with Gasteiger partial charge in [-0.1, -0.05) is 15.9 Å². The molecule has 7 heteroatoms. The minimum atomic E-state index is -1.08. The molecule has 1 heterocycles.